The average Bonchev–Trinajstić information content (AvgIpc) is 2.57. The summed E-state index contributed by atoms with van der Waals surface area (Å²) in [5.74, 6) is 2.89. The minimum absolute atomic E-state index is 0.195. The Kier molecular flexibility index (Phi) is 4.61. The van der Waals surface area contributed by atoms with Crippen LogP contribution >= 0.6 is 0 Å². The number of nitrogens with two attached hydrogens (primary N) is 2. The van der Waals surface area contributed by atoms with Gasteiger partial charge in [-0.2, -0.15) is 4.98 Å². The molecule has 0 bridgehead atoms. The fourth-order valence-corrected chi connectivity index (χ4v) is 3.90. The molecular formula is C19H27N5O. The van der Waals surface area contributed by atoms with Gasteiger partial charge in [0.15, 0.2) is 0 Å². The number of fused-ring (bicyclic) bond motifs is 1. The van der Waals surface area contributed by atoms with E-state index in [0.717, 1.165) is 29.2 Å². The van der Waals surface area contributed by atoms with E-state index in [9.17, 15) is 0 Å². The second kappa shape index (κ2) is 7.04. The van der Waals surface area contributed by atoms with Gasteiger partial charge in [-0.05, 0) is 62.7 Å². The van der Waals surface area contributed by atoms with E-state index in [1.807, 2.05) is 18.2 Å². The Labute approximate surface area is 148 Å². The molecule has 1 saturated carbocycles. The highest BCUT2D eigenvalue weighted by Crippen LogP contribution is 2.31. The van der Waals surface area contributed by atoms with Gasteiger partial charge in [0.1, 0.15) is 11.6 Å². The quantitative estimate of drug-likeness (QED) is 0.869. The Morgan fingerprint density at radius 3 is 2.56 bits per heavy atom. The van der Waals surface area contributed by atoms with Crippen molar-refractivity contribution >= 4 is 22.7 Å². The molecule has 6 heteroatoms. The predicted octanol–water partition coefficient (Wildman–Crippen LogP) is 2.69. The van der Waals surface area contributed by atoms with Crippen LogP contribution in [0.5, 0.6) is 5.75 Å². The first kappa shape index (κ1) is 16.4. The van der Waals surface area contributed by atoms with Gasteiger partial charge in [0.2, 0.25) is 5.95 Å². The van der Waals surface area contributed by atoms with Crippen molar-refractivity contribution in [2.24, 2.45) is 11.8 Å². The molecule has 0 spiro atoms. The van der Waals surface area contributed by atoms with Crippen LogP contribution in [-0.2, 0) is 0 Å². The average molecular weight is 341 g/mol. The molecule has 2 fully saturated rings. The fourth-order valence-electron chi connectivity index (χ4n) is 3.90. The van der Waals surface area contributed by atoms with Crippen molar-refractivity contribution < 1.29 is 4.74 Å². The number of hydrogen-bond donors (Lipinski definition) is 2. The molecule has 0 atom stereocenters. The van der Waals surface area contributed by atoms with E-state index >= 15 is 0 Å². The highest BCUT2D eigenvalue weighted by Gasteiger charge is 2.25. The summed E-state index contributed by atoms with van der Waals surface area (Å²) in [7, 11) is 0. The molecular weight excluding hydrogens is 314 g/mol. The molecule has 1 aromatic carbocycles. The van der Waals surface area contributed by atoms with Crippen molar-refractivity contribution in [1.29, 1.82) is 0 Å². The van der Waals surface area contributed by atoms with Gasteiger partial charge in [-0.3, -0.25) is 0 Å². The van der Waals surface area contributed by atoms with Crippen LogP contribution in [0.2, 0.25) is 0 Å². The summed E-state index contributed by atoms with van der Waals surface area (Å²) in [6, 6.07) is 5.74. The van der Waals surface area contributed by atoms with Gasteiger partial charge in [0.25, 0.3) is 0 Å². The summed E-state index contributed by atoms with van der Waals surface area (Å²) in [6.07, 6.45) is 6.70. The lowest BCUT2D eigenvalue weighted by Gasteiger charge is -2.36. The number of rotatable bonds is 5. The number of anilines is 2. The van der Waals surface area contributed by atoms with Crippen LogP contribution in [0, 0.1) is 11.8 Å². The lowest BCUT2D eigenvalue weighted by Crippen LogP contribution is -2.39. The number of nitrogens with zero attached hydrogens (tertiary/aromatic N) is 3. The molecule has 2 heterocycles. The number of nitrogen functional groups attached to an aromatic ring is 2. The number of piperidine rings is 1. The third kappa shape index (κ3) is 3.63. The molecule has 6 nitrogen and oxygen atoms in total. The molecule has 0 unspecified atom stereocenters. The van der Waals surface area contributed by atoms with E-state index < -0.39 is 0 Å². The second-order valence-electron chi connectivity index (χ2n) is 7.47. The third-order valence-electron chi connectivity index (χ3n) is 5.65. The molecule has 1 aromatic heterocycles. The Balaban J connectivity index is 1.35. The van der Waals surface area contributed by atoms with E-state index in [-0.39, 0.29) is 5.95 Å². The molecule has 1 saturated heterocycles. The minimum Gasteiger partial charge on any atom is -0.492 e. The third-order valence-corrected chi connectivity index (χ3v) is 5.65. The normalized spacial score (nSPS) is 19.8. The van der Waals surface area contributed by atoms with Crippen molar-refractivity contribution in [3.63, 3.8) is 0 Å². The van der Waals surface area contributed by atoms with E-state index in [1.165, 1.54) is 51.7 Å². The second-order valence-corrected chi connectivity index (χ2v) is 7.47. The van der Waals surface area contributed by atoms with Crippen LogP contribution in [0.3, 0.4) is 0 Å². The van der Waals surface area contributed by atoms with Crippen molar-refractivity contribution in [3.8, 4) is 5.75 Å². The fraction of sp³-hybridized carbons (Fsp3) is 0.579. The number of likely N-dealkylation sites (tertiary alicyclic amines) is 1. The van der Waals surface area contributed by atoms with E-state index in [4.69, 9.17) is 16.2 Å². The number of hydrogen-bond acceptors (Lipinski definition) is 6. The van der Waals surface area contributed by atoms with Gasteiger partial charge < -0.3 is 21.1 Å². The monoisotopic (exact) mass is 341 g/mol. The minimum atomic E-state index is 0.195. The standard InChI is InChI=1S/C19H27N5O/c20-18-17-15(22-19(21)23-18)5-2-6-16(17)25-12-14-7-9-24(10-8-14)11-13-3-1-4-13/h2,5-6,13-14H,1,3-4,7-12H2,(H4,20,21,22,23). The van der Waals surface area contributed by atoms with Crippen LogP contribution < -0.4 is 16.2 Å². The van der Waals surface area contributed by atoms with Gasteiger partial charge in [-0.25, -0.2) is 4.98 Å². The Morgan fingerprint density at radius 2 is 1.84 bits per heavy atom. The van der Waals surface area contributed by atoms with Crippen LogP contribution in [0.1, 0.15) is 32.1 Å². The molecule has 0 amide bonds. The highest BCUT2D eigenvalue weighted by molar-refractivity contribution is 5.94. The van der Waals surface area contributed by atoms with Gasteiger partial charge in [-0.15, -0.1) is 0 Å². The summed E-state index contributed by atoms with van der Waals surface area (Å²) in [5, 5.41) is 0.763. The Morgan fingerprint density at radius 1 is 1.04 bits per heavy atom. The van der Waals surface area contributed by atoms with Crippen molar-refractivity contribution in [3.05, 3.63) is 18.2 Å². The van der Waals surface area contributed by atoms with E-state index in [0.29, 0.717) is 11.7 Å². The van der Waals surface area contributed by atoms with Crippen LogP contribution in [0.25, 0.3) is 10.9 Å². The van der Waals surface area contributed by atoms with Crippen LogP contribution in [0.15, 0.2) is 18.2 Å². The topological polar surface area (TPSA) is 90.3 Å². The van der Waals surface area contributed by atoms with Gasteiger partial charge >= 0.3 is 0 Å². The summed E-state index contributed by atoms with van der Waals surface area (Å²) < 4.78 is 6.11. The molecule has 0 radical (unpaired) electrons. The highest BCUT2D eigenvalue weighted by atomic mass is 16.5. The van der Waals surface area contributed by atoms with Crippen molar-refractivity contribution in [2.45, 2.75) is 32.1 Å². The largest absolute Gasteiger partial charge is 0.492 e. The molecule has 25 heavy (non-hydrogen) atoms. The first-order valence-electron chi connectivity index (χ1n) is 9.36. The first-order valence-corrected chi connectivity index (χ1v) is 9.36. The summed E-state index contributed by atoms with van der Waals surface area (Å²) in [6.45, 7) is 4.41. The van der Waals surface area contributed by atoms with Gasteiger partial charge in [0, 0.05) is 6.54 Å². The van der Waals surface area contributed by atoms with Crippen LogP contribution in [-0.4, -0.2) is 41.1 Å². The lowest BCUT2D eigenvalue weighted by molar-refractivity contribution is 0.110. The molecule has 2 aliphatic rings. The van der Waals surface area contributed by atoms with Gasteiger partial charge in [-0.1, -0.05) is 12.5 Å². The number of benzene rings is 1. The maximum absolute atomic E-state index is 6.11. The molecule has 2 aromatic rings. The molecule has 4 N–H and O–H groups in total. The zero-order chi connectivity index (χ0) is 17.2. The van der Waals surface area contributed by atoms with Crippen LogP contribution in [0.4, 0.5) is 11.8 Å². The van der Waals surface area contributed by atoms with Crippen molar-refractivity contribution in [2.75, 3.05) is 37.7 Å². The Bertz CT molecular complexity index is 738. The van der Waals surface area contributed by atoms with E-state index in [1.54, 1.807) is 0 Å². The molecule has 134 valence electrons. The summed E-state index contributed by atoms with van der Waals surface area (Å²) in [5.41, 5.74) is 12.4. The zero-order valence-electron chi connectivity index (χ0n) is 14.7. The maximum Gasteiger partial charge on any atom is 0.222 e. The summed E-state index contributed by atoms with van der Waals surface area (Å²) >= 11 is 0. The van der Waals surface area contributed by atoms with Gasteiger partial charge in [0.05, 0.1) is 17.5 Å². The molecule has 1 aliphatic heterocycles. The SMILES string of the molecule is Nc1nc(N)c2c(OCC3CCN(CC4CCC4)CC3)cccc2n1. The predicted molar refractivity (Wildman–Crippen MR) is 100 cm³/mol. The molecule has 4 rings (SSSR count). The number of ether oxygens (including phenoxy) is 1. The first-order chi connectivity index (χ1) is 12.2. The smallest absolute Gasteiger partial charge is 0.222 e. The zero-order valence-corrected chi connectivity index (χ0v) is 14.7. The maximum atomic E-state index is 6.11. The summed E-state index contributed by atoms with van der Waals surface area (Å²) in [4.78, 5) is 10.9. The Hall–Kier alpha value is -2.08. The van der Waals surface area contributed by atoms with Crippen molar-refractivity contribution in [1.82, 2.24) is 14.9 Å². The van der Waals surface area contributed by atoms with E-state index in [2.05, 4.69) is 14.9 Å². The molecule has 1 aliphatic carbocycles. The number of aromatic nitrogens is 2. The lowest BCUT2D eigenvalue weighted by atomic mass is 9.84.